The number of rotatable bonds is 1. The lowest BCUT2D eigenvalue weighted by Gasteiger charge is -2.23. The highest BCUT2D eigenvalue weighted by Gasteiger charge is 2.23. The van der Waals surface area contributed by atoms with Crippen molar-refractivity contribution in [3.8, 4) is 0 Å². The van der Waals surface area contributed by atoms with E-state index in [1.54, 1.807) is 6.07 Å². The Morgan fingerprint density at radius 1 is 1.40 bits per heavy atom. The van der Waals surface area contributed by atoms with E-state index >= 15 is 0 Å². The fraction of sp³-hybridized carbons (Fsp3) is 0.300. The molecule has 0 spiro atoms. The van der Waals surface area contributed by atoms with E-state index in [0.29, 0.717) is 11.6 Å². The van der Waals surface area contributed by atoms with Crippen molar-refractivity contribution >= 4 is 33.4 Å². The van der Waals surface area contributed by atoms with Crippen molar-refractivity contribution in [2.75, 3.05) is 13.1 Å². The standard InChI is InChI=1S/C10H10BrClN2O/c11-7-2-1-6(5-8(7)12)9-10(15)14-4-3-13-9/h1-2,5,9,13H,3-4H2,(H,14,15). The number of amides is 1. The van der Waals surface area contributed by atoms with Gasteiger partial charge in [-0.2, -0.15) is 0 Å². The van der Waals surface area contributed by atoms with Crippen LogP contribution < -0.4 is 10.6 Å². The molecule has 1 amide bonds. The quantitative estimate of drug-likeness (QED) is 0.828. The highest BCUT2D eigenvalue weighted by Crippen LogP contribution is 2.26. The van der Waals surface area contributed by atoms with Gasteiger partial charge in [-0.3, -0.25) is 4.79 Å². The Morgan fingerprint density at radius 2 is 2.20 bits per heavy atom. The third-order valence-electron chi connectivity index (χ3n) is 2.31. The topological polar surface area (TPSA) is 41.1 Å². The molecule has 5 heteroatoms. The van der Waals surface area contributed by atoms with Gasteiger partial charge >= 0.3 is 0 Å². The molecular weight excluding hydrogens is 279 g/mol. The summed E-state index contributed by atoms with van der Waals surface area (Å²) in [5.41, 5.74) is 0.889. The minimum atomic E-state index is -0.288. The first-order chi connectivity index (χ1) is 7.18. The van der Waals surface area contributed by atoms with Gasteiger partial charge in [0.15, 0.2) is 0 Å². The predicted octanol–water partition coefficient (Wildman–Crippen LogP) is 1.86. The summed E-state index contributed by atoms with van der Waals surface area (Å²) in [4.78, 5) is 11.6. The van der Waals surface area contributed by atoms with Gasteiger partial charge in [-0.15, -0.1) is 0 Å². The van der Waals surface area contributed by atoms with Crippen LogP contribution in [0, 0.1) is 0 Å². The fourth-order valence-corrected chi connectivity index (χ4v) is 1.99. The number of halogens is 2. The first kappa shape index (κ1) is 10.9. The molecular formula is C10H10BrClN2O. The smallest absolute Gasteiger partial charge is 0.241 e. The number of nitrogens with one attached hydrogen (secondary N) is 2. The molecule has 1 unspecified atom stereocenters. The van der Waals surface area contributed by atoms with Crippen molar-refractivity contribution in [3.63, 3.8) is 0 Å². The van der Waals surface area contributed by atoms with E-state index in [-0.39, 0.29) is 11.9 Å². The Bertz CT molecular complexity index is 397. The zero-order chi connectivity index (χ0) is 10.8. The van der Waals surface area contributed by atoms with Gasteiger partial charge in [-0.25, -0.2) is 0 Å². The average molecular weight is 290 g/mol. The molecule has 1 aliphatic heterocycles. The van der Waals surface area contributed by atoms with Crippen LogP contribution in [0.15, 0.2) is 22.7 Å². The van der Waals surface area contributed by atoms with Gasteiger partial charge in [0.05, 0.1) is 5.02 Å². The first-order valence-electron chi connectivity index (χ1n) is 4.64. The van der Waals surface area contributed by atoms with Crippen molar-refractivity contribution in [2.45, 2.75) is 6.04 Å². The van der Waals surface area contributed by atoms with Crippen LogP contribution in [0.25, 0.3) is 0 Å². The monoisotopic (exact) mass is 288 g/mol. The third kappa shape index (κ3) is 2.33. The minimum Gasteiger partial charge on any atom is -0.353 e. The maximum atomic E-state index is 11.6. The van der Waals surface area contributed by atoms with Gasteiger partial charge in [0, 0.05) is 17.6 Å². The second kappa shape index (κ2) is 4.51. The number of piperazine rings is 1. The number of carbonyl (C=O) groups is 1. The maximum Gasteiger partial charge on any atom is 0.241 e. The summed E-state index contributed by atoms with van der Waals surface area (Å²) in [6, 6.07) is 5.25. The number of hydrogen-bond donors (Lipinski definition) is 2. The lowest BCUT2D eigenvalue weighted by Crippen LogP contribution is -2.47. The molecule has 0 aromatic heterocycles. The molecule has 1 atom stereocenters. The van der Waals surface area contributed by atoms with E-state index in [2.05, 4.69) is 26.6 Å². The molecule has 3 nitrogen and oxygen atoms in total. The summed E-state index contributed by atoms with van der Waals surface area (Å²) in [5.74, 6) is -0.000334. The van der Waals surface area contributed by atoms with E-state index in [9.17, 15) is 4.79 Å². The molecule has 1 saturated heterocycles. The Hall–Kier alpha value is -0.580. The largest absolute Gasteiger partial charge is 0.353 e. The average Bonchev–Trinajstić information content (AvgIpc) is 2.23. The fourth-order valence-electron chi connectivity index (χ4n) is 1.56. The molecule has 1 heterocycles. The molecule has 2 N–H and O–H groups in total. The van der Waals surface area contributed by atoms with Crippen LogP contribution in [0.4, 0.5) is 0 Å². The van der Waals surface area contributed by atoms with E-state index in [0.717, 1.165) is 16.6 Å². The van der Waals surface area contributed by atoms with Crippen molar-refractivity contribution in [2.24, 2.45) is 0 Å². The Labute approximate surface area is 101 Å². The molecule has 1 aromatic rings. The van der Waals surface area contributed by atoms with Gasteiger partial charge in [0.25, 0.3) is 0 Å². The number of benzene rings is 1. The van der Waals surface area contributed by atoms with Crippen LogP contribution >= 0.6 is 27.5 Å². The maximum absolute atomic E-state index is 11.6. The lowest BCUT2D eigenvalue weighted by molar-refractivity contribution is -0.124. The minimum absolute atomic E-state index is 0.000334. The lowest BCUT2D eigenvalue weighted by atomic mass is 10.1. The summed E-state index contributed by atoms with van der Waals surface area (Å²) in [6.07, 6.45) is 0. The summed E-state index contributed by atoms with van der Waals surface area (Å²) in [7, 11) is 0. The summed E-state index contributed by atoms with van der Waals surface area (Å²) in [5, 5.41) is 6.57. The second-order valence-corrected chi connectivity index (χ2v) is 4.61. The Morgan fingerprint density at radius 3 is 2.87 bits per heavy atom. The second-order valence-electron chi connectivity index (χ2n) is 3.35. The molecule has 80 valence electrons. The van der Waals surface area contributed by atoms with Crippen LogP contribution in [0.2, 0.25) is 5.02 Å². The molecule has 1 fully saturated rings. The van der Waals surface area contributed by atoms with Crippen LogP contribution in [0.3, 0.4) is 0 Å². The highest BCUT2D eigenvalue weighted by molar-refractivity contribution is 9.10. The van der Waals surface area contributed by atoms with Crippen LogP contribution in [-0.2, 0) is 4.79 Å². The first-order valence-corrected chi connectivity index (χ1v) is 5.81. The van der Waals surface area contributed by atoms with E-state index < -0.39 is 0 Å². The zero-order valence-corrected chi connectivity index (χ0v) is 10.2. The van der Waals surface area contributed by atoms with Crippen molar-refractivity contribution in [1.82, 2.24) is 10.6 Å². The van der Waals surface area contributed by atoms with Crippen molar-refractivity contribution in [1.29, 1.82) is 0 Å². The molecule has 0 radical (unpaired) electrons. The molecule has 2 rings (SSSR count). The summed E-state index contributed by atoms with van der Waals surface area (Å²) < 4.78 is 0.837. The number of hydrogen-bond acceptors (Lipinski definition) is 2. The molecule has 1 aromatic carbocycles. The molecule has 0 saturated carbocycles. The van der Waals surface area contributed by atoms with Crippen LogP contribution in [-0.4, -0.2) is 19.0 Å². The van der Waals surface area contributed by atoms with Crippen molar-refractivity contribution in [3.05, 3.63) is 33.3 Å². The molecule has 0 aliphatic carbocycles. The van der Waals surface area contributed by atoms with Gasteiger partial charge in [-0.1, -0.05) is 17.7 Å². The number of carbonyl (C=O) groups excluding carboxylic acids is 1. The van der Waals surface area contributed by atoms with Crippen LogP contribution in [0.5, 0.6) is 0 Å². The zero-order valence-electron chi connectivity index (χ0n) is 7.89. The third-order valence-corrected chi connectivity index (χ3v) is 3.54. The Balaban J connectivity index is 2.28. The van der Waals surface area contributed by atoms with Crippen molar-refractivity contribution < 1.29 is 4.79 Å². The van der Waals surface area contributed by atoms with Gasteiger partial charge < -0.3 is 10.6 Å². The highest BCUT2D eigenvalue weighted by atomic mass is 79.9. The predicted molar refractivity (Wildman–Crippen MR) is 62.9 cm³/mol. The normalized spacial score (nSPS) is 21.2. The molecule has 15 heavy (non-hydrogen) atoms. The Kier molecular flexibility index (Phi) is 3.29. The SMILES string of the molecule is O=C1NCCNC1c1ccc(Br)c(Cl)c1. The van der Waals surface area contributed by atoms with Gasteiger partial charge in [0.2, 0.25) is 5.91 Å². The van der Waals surface area contributed by atoms with Gasteiger partial charge in [0.1, 0.15) is 6.04 Å². The molecule has 0 bridgehead atoms. The van der Waals surface area contributed by atoms with E-state index in [4.69, 9.17) is 11.6 Å². The van der Waals surface area contributed by atoms with E-state index in [1.807, 2.05) is 12.1 Å². The summed E-state index contributed by atoms with van der Waals surface area (Å²) in [6.45, 7) is 1.46. The molecule has 1 aliphatic rings. The van der Waals surface area contributed by atoms with E-state index in [1.165, 1.54) is 0 Å². The van der Waals surface area contributed by atoms with Crippen LogP contribution in [0.1, 0.15) is 11.6 Å². The summed E-state index contributed by atoms with van der Waals surface area (Å²) >= 11 is 9.29. The van der Waals surface area contributed by atoms with Gasteiger partial charge in [-0.05, 0) is 33.6 Å².